The normalized spacial score (nSPS) is 14.3. The van der Waals surface area contributed by atoms with Crippen molar-refractivity contribution < 1.29 is 29.4 Å². The number of carbonyl (C=O) groups excluding carboxylic acids is 3. The van der Waals surface area contributed by atoms with E-state index in [1.54, 1.807) is 18.3 Å². The molecule has 0 spiro atoms. The molecule has 37 heavy (non-hydrogen) atoms. The predicted molar refractivity (Wildman–Crippen MR) is 139 cm³/mol. The van der Waals surface area contributed by atoms with Crippen LogP contribution in [0, 0.1) is 5.92 Å². The molecular formula is C24H34N6O6S. The SMILES string of the molecule is CC(C)C[C@H](NC(=O)[C@@H](N)Cc1c[nH]cn1)C(=O)N[C@@H](Cc1ccc(O)cc1)C(=O)N[C@@H](CS)C(=O)O. The van der Waals surface area contributed by atoms with Crippen LogP contribution in [0.25, 0.3) is 0 Å². The molecule has 0 saturated carbocycles. The zero-order valence-corrected chi connectivity index (χ0v) is 21.6. The highest BCUT2D eigenvalue weighted by atomic mass is 32.1. The summed E-state index contributed by atoms with van der Waals surface area (Å²) in [6.07, 6.45) is 3.54. The van der Waals surface area contributed by atoms with E-state index in [4.69, 9.17) is 5.73 Å². The van der Waals surface area contributed by atoms with Gasteiger partial charge in [-0.1, -0.05) is 26.0 Å². The lowest BCUT2D eigenvalue weighted by Crippen LogP contribution is -2.58. The van der Waals surface area contributed by atoms with E-state index in [0.717, 1.165) is 0 Å². The largest absolute Gasteiger partial charge is 0.508 e. The number of amides is 3. The number of aliphatic carboxylic acids is 1. The second-order valence-electron chi connectivity index (χ2n) is 9.08. The minimum absolute atomic E-state index is 0.0117. The molecular weight excluding hydrogens is 500 g/mol. The number of hydrogen-bond donors (Lipinski definition) is 8. The second-order valence-corrected chi connectivity index (χ2v) is 9.44. The smallest absolute Gasteiger partial charge is 0.327 e. The van der Waals surface area contributed by atoms with Crippen molar-refractivity contribution in [3.63, 3.8) is 0 Å². The maximum Gasteiger partial charge on any atom is 0.327 e. The van der Waals surface area contributed by atoms with Crippen LogP contribution in [-0.2, 0) is 32.0 Å². The lowest BCUT2D eigenvalue weighted by atomic mass is 10.00. The maximum atomic E-state index is 13.3. The quantitative estimate of drug-likeness (QED) is 0.152. The number of benzene rings is 1. The molecule has 2 aromatic rings. The number of imidazole rings is 1. The molecule has 1 aromatic heterocycles. The van der Waals surface area contributed by atoms with Crippen molar-refractivity contribution >= 4 is 36.3 Å². The van der Waals surface area contributed by atoms with Crippen LogP contribution in [0.2, 0.25) is 0 Å². The van der Waals surface area contributed by atoms with Crippen molar-refractivity contribution in [1.29, 1.82) is 0 Å². The highest BCUT2D eigenvalue weighted by molar-refractivity contribution is 7.80. The van der Waals surface area contributed by atoms with Crippen molar-refractivity contribution in [2.45, 2.75) is 57.3 Å². The number of H-pyrrole nitrogens is 1. The predicted octanol–water partition coefficient (Wildman–Crippen LogP) is -0.257. The van der Waals surface area contributed by atoms with Gasteiger partial charge in [-0.2, -0.15) is 12.6 Å². The van der Waals surface area contributed by atoms with Crippen LogP contribution >= 0.6 is 12.6 Å². The Morgan fingerprint density at radius 2 is 1.57 bits per heavy atom. The average molecular weight is 535 g/mol. The minimum atomic E-state index is -1.27. The molecule has 0 aliphatic carbocycles. The molecule has 0 aliphatic heterocycles. The van der Waals surface area contributed by atoms with E-state index in [2.05, 4.69) is 38.5 Å². The van der Waals surface area contributed by atoms with Crippen LogP contribution in [0.1, 0.15) is 31.5 Å². The van der Waals surface area contributed by atoms with Crippen LogP contribution in [0.5, 0.6) is 5.75 Å². The topological polar surface area (TPSA) is 200 Å². The number of carbonyl (C=O) groups is 4. The molecule has 0 saturated heterocycles. The van der Waals surface area contributed by atoms with E-state index in [1.807, 2.05) is 13.8 Å². The van der Waals surface area contributed by atoms with Crippen molar-refractivity contribution in [3.05, 3.63) is 48.0 Å². The summed E-state index contributed by atoms with van der Waals surface area (Å²) in [5.74, 6) is -3.28. The Morgan fingerprint density at radius 1 is 0.973 bits per heavy atom. The van der Waals surface area contributed by atoms with Gasteiger partial charge in [-0.15, -0.1) is 0 Å². The van der Waals surface area contributed by atoms with Gasteiger partial charge in [0.1, 0.15) is 23.9 Å². The molecule has 1 aromatic carbocycles. The molecule has 3 amide bonds. The van der Waals surface area contributed by atoms with Gasteiger partial charge in [0.2, 0.25) is 17.7 Å². The molecule has 0 fully saturated rings. The van der Waals surface area contributed by atoms with Crippen LogP contribution in [0.4, 0.5) is 0 Å². The second kappa shape index (κ2) is 14.2. The van der Waals surface area contributed by atoms with E-state index < -0.39 is 47.9 Å². The summed E-state index contributed by atoms with van der Waals surface area (Å²) < 4.78 is 0. The molecule has 1 heterocycles. The molecule has 0 aliphatic rings. The summed E-state index contributed by atoms with van der Waals surface area (Å²) in [7, 11) is 0. The van der Waals surface area contributed by atoms with Crippen LogP contribution in [-0.4, -0.2) is 73.8 Å². The van der Waals surface area contributed by atoms with E-state index >= 15 is 0 Å². The van der Waals surface area contributed by atoms with Gasteiger partial charge in [0.15, 0.2) is 0 Å². The van der Waals surface area contributed by atoms with Crippen molar-refractivity contribution in [2.75, 3.05) is 5.75 Å². The van der Waals surface area contributed by atoms with Crippen LogP contribution in [0.3, 0.4) is 0 Å². The van der Waals surface area contributed by atoms with Gasteiger partial charge in [-0.05, 0) is 30.0 Å². The van der Waals surface area contributed by atoms with Gasteiger partial charge in [0, 0.05) is 24.8 Å². The van der Waals surface area contributed by atoms with Crippen molar-refractivity contribution in [2.24, 2.45) is 11.7 Å². The highest BCUT2D eigenvalue weighted by Crippen LogP contribution is 2.13. The monoisotopic (exact) mass is 534 g/mol. The Bertz CT molecular complexity index is 1050. The maximum absolute atomic E-state index is 13.3. The average Bonchev–Trinajstić information content (AvgIpc) is 3.35. The number of hydrogen-bond acceptors (Lipinski definition) is 8. The van der Waals surface area contributed by atoms with Crippen molar-refractivity contribution in [1.82, 2.24) is 25.9 Å². The van der Waals surface area contributed by atoms with E-state index in [-0.39, 0.29) is 36.7 Å². The Balaban J connectivity index is 2.19. The number of phenols is 1. The fraction of sp³-hybridized carbons (Fsp3) is 0.458. The number of nitrogens with two attached hydrogens (primary N) is 1. The summed E-state index contributed by atoms with van der Waals surface area (Å²) in [6, 6.07) is 1.66. The summed E-state index contributed by atoms with van der Waals surface area (Å²) in [5, 5.41) is 26.5. The summed E-state index contributed by atoms with van der Waals surface area (Å²) in [4.78, 5) is 57.2. The fourth-order valence-corrected chi connectivity index (χ4v) is 3.76. The number of nitrogens with zero attached hydrogens (tertiary/aromatic N) is 1. The first-order valence-corrected chi connectivity index (χ1v) is 12.4. The first-order chi connectivity index (χ1) is 17.5. The number of aromatic amines is 1. The van der Waals surface area contributed by atoms with Gasteiger partial charge in [0.05, 0.1) is 18.1 Å². The number of thiol groups is 1. The molecule has 0 radical (unpaired) electrons. The zero-order chi connectivity index (χ0) is 27.5. The van der Waals surface area contributed by atoms with Crippen LogP contribution in [0.15, 0.2) is 36.8 Å². The first kappa shape index (κ1) is 29.6. The number of carboxylic acid groups (broad SMARTS) is 1. The van der Waals surface area contributed by atoms with Gasteiger partial charge in [0.25, 0.3) is 0 Å². The zero-order valence-electron chi connectivity index (χ0n) is 20.7. The van der Waals surface area contributed by atoms with Crippen LogP contribution < -0.4 is 21.7 Å². The summed E-state index contributed by atoms with van der Waals surface area (Å²) in [5.41, 5.74) is 7.21. The van der Waals surface area contributed by atoms with Gasteiger partial charge in [-0.25, -0.2) is 9.78 Å². The highest BCUT2D eigenvalue weighted by Gasteiger charge is 2.30. The minimum Gasteiger partial charge on any atom is -0.508 e. The number of aromatic hydroxyl groups is 1. The van der Waals surface area contributed by atoms with E-state index in [9.17, 15) is 29.4 Å². The summed E-state index contributed by atoms with van der Waals surface area (Å²) in [6.45, 7) is 3.75. The summed E-state index contributed by atoms with van der Waals surface area (Å²) >= 11 is 3.96. The molecule has 12 nitrogen and oxygen atoms in total. The standard InChI is InChI=1S/C24H34N6O6S/c1-13(2)7-18(28-21(32)17(25)9-15-10-26-12-27-15)22(33)29-19(8-14-3-5-16(31)6-4-14)23(34)30-20(11-37)24(35)36/h3-6,10,12-13,17-20,31,37H,7-9,11,25H2,1-2H3,(H,26,27)(H,28,32)(H,29,33)(H,30,34)(H,35,36)/t17-,18-,19-,20-/m0/s1. The Kier molecular flexibility index (Phi) is 11.4. The number of phenolic OH excluding ortho intramolecular Hbond substituents is 1. The van der Waals surface area contributed by atoms with E-state index in [1.165, 1.54) is 18.5 Å². The molecule has 4 atom stereocenters. The lowest BCUT2D eigenvalue weighted by Gasteiger charge is -2.26. The van der Waals surface area contributed by atoms with Gasteiger partial charge >= 0.3 is 5.97 Å². The molecule has 2 rings (SSSR count). The number of nitrogens with one attached hydrogen (secondary N) is 4. The fourth-order valence-electron chi connectivity index (χ4n) is 3.51. The van der Waals surface area contributed by atoms with Gasteiger partial charge in [-0.3, -0.25) is 14.4 Å². The number of carboxylic acids is 1. The molecule has 0 unspecified atom stereocenters. The van der Waals surface area contributed by atoms with Crippen molar-refractivity contribution in [3.8, 4) is 5.75 Å². The Morgan fingerprint density at radius 3 is 2.11 bits per heavy atom. The Hall–Kier alpha value is -3.58. The van der Waals surface area contributed by atoms with E-state index in [0.29, 0.717) is 11.3 Å². The third-order valence-electron chi connectivity index (χ3n) is 5.47. The molecule has 13 heteroatoms. The third-order valence-corrected chi connectivity index (χ3v) is 5.83. The third kappa shape index (κ3) is 9.77. The first-order valence-electron chi connectivity index (χ1n) is 11.8. The van der Waals surface area contributed by atoms with Gasteiger partial charge < -0.3 is 36.9 Å². The lowest BCUT2D eigenvalue weighted by molar-refractivity contribution is -0.141. The molecule has 202 valence electrons. The molecule has 8 N–H and O–H groups in total. The Labute approximate surface area is 220 Å². The number of rotatable bonds is 14. The number of aromatic nitrogens is 2. The molecule has 0 bridgehead atoms.